The summed E-state index contributed by atoms with van der Waals surface area (Å²) in [7, 11) is -2.65. The number of hydrogen-bond acceptors (Lipinski definition) is 7. The third-order valence-corrected chi connectivity index (χ3v) is 40.3. The zero-order chi connectivity index (χ0) is 105. The van der Waals surface area contributed by atoms with Crippen LogP contribution in [0.15, 0.2) is 352 Å². The lowest BCUT2D eigenvalue weighted by atomic mass is 9.50. The van der Waals surface area contributed by atoms with E-state index in [1.807, 2.05) is 54.6 Å². The standard InChI is InChI=1S/C25H38.C22H23S.C21H21O2S.C18H15S.C16H26.C13H18F2O5S.C11H18O.C6H6S/c1-19-24(21-13-7-3-8-14-21)17-23(20-11-5-2-6-12-20)18-25(19)22-15-9-4-10-16-22;1-22(2,3)18-14-16-21(17-15-18)23(19-10-6-4-7-11-19)20-12-8-5-9-13-20;1-16-7-4-10-19(13-16)24(20-11-5-8-17(14-20)22-2)21-12-6-9-18(15-21)23-3;1-4-10-16(11-5-1)19(17-12-6-2-7-13-17)18-14-8-3-9-15-18;1-10(2)14-8-15(11(3)4)13(7)16(9-14)12(5)6;14-13(15,21(17,18)19)11(16)20-7-12-4-8-1-9(5-12)3-10(2-8)6-12;1-4-11-6-5-8(7-9(11)12)10(11,2)3;7-6-4-2-1-3-5-6/h17-18,20-22H,2-16H2,1H3;4-17H,1-3H3;4-15H,1-3H3;1-15H;8-12H,1-7H3;8-10H,1-7H2,(H,17,18,19);8H,4-7H2,1-3H3;1-5,7H/q;3*+1;;;;/p+1. The molecule has 0 aromatic heterocycles. The third-order valence-electron chi connectivity index (χ3n) is 32.5. The van der Waals surface area contributed by atoms with Gasteiger partial charge in [0, 0.05) is 29.4 Å². The highest BCUT2D eigenvalue weighted by Crippen LogP contribution is 2.66. The molecule has 0 radical (unpaired) electrons. The number of esters is 1. The largest absolute Gasteiger partial charge is 0.497 e. The lowest BCUT2D eigenvalue weighted by Crippen LogP contribution is -2.49. The van der Waals surface area contributed by atoms with Gasteiger partial charge >= 0.3 is 21.3 Å². The highest BCUT2D eigenvalue weighted by molar-refractivity contribution is 7.97. The Morgan fingerprint density at radius 1 is 0.442 bits per heavy atom. The summed E-state index contributed by atoms with van der Waals surface area (Å²) in [6.07, 6.45) is 32.2. The topological polar surface area (TPSA) is 116 Å². The zero-order valence-electron chi connectivity index (χ0n) is 90.7. The van der Waals surface area contributed by atoms with Gasteiger partial charge in [0.2, 0.25) is 0 Å². The van der Waals surface area contributed by atoms with Crippen LogP contribution in [-0.4, -0.2) is 50.8 Å². The van der Waals surface area contributed by atoms with E-state index in [9.17, 15) is 26.8 Å². The molecule has 0 heterocycles. The molecule has 12 aromatic rings. The Bertz CT molecular complexity index is 5950. The third kappa shape index (κ3) is 30.1. The Kier molecular flexibility index (Phi) is 41.7. The van der Waals surface area contributed by atoms with Crippen LogP contribution < -0.4 is 9.47 Å². The smallest absolute Gasteiger partial charge is 0.465 e. The number of ether oxygens (including phenoxy) is 3. The van der Waals surface area contributed by atoms with E-state index < -0.39 is 21.3 Å². The number of halogens is 2. The predicted molar refractivity (Wildman–Crippen MR) is 615 cm³/mol. The van der Waals surface area contributed by atoms with Gasteiger partial charge in [-0.2, -0.15) is 17.2 Å². The van der Waals surface area contributed by atoms with Gasteiger partial charge in [-0.1, -0.05) is 311 Å². The summed E-state index contributed by atoms with van der Waals surface area (Å²) in [4.78, 5) is 36.2. The van der Waals surface area contributed by atoms with Crippen molar-refractivity contribution in [2.75, 3.05) is 20.8 Å². The average Bonchev–Trinajstić information content (AvgIpc) is 1.56. The van der Waals surface area contributed by atoms with Crippen LogP contribution in [0.3, 0.4) is 0 Å². The predicted octanol–water partition coefficient (Wildman–Crippen LogP) is 35.5. The molecule has 6 bridgehead atoms. The summed E-state index contributed by atoms with van der Waals surface area (Å²) in [5, 5.41) is -4.89. The fourth-order valence-corrected chi connectivity index (χ4v) is 31.5. The van der Waals surface area contributed by atoms with Crippen LogP contribution in [0.5, 0.6) is 11.5 Å². The van der Waals surface area contributed by atoms with Crippen LogP contribution in [0.25, 0.3) is 0 Å². The van der Waals surface area contributed by atoms with Crippen LogP contribution in [0.4, 0.5) is 8.78 Å². The van der Waals surface area contributed by atoms with E-state index >= 15 is 0 Å². The van der Waals surface area contributed by atoms with Crippen LogP contribution in [0.1, 0.15) is 335 Å². The van der Waals surface area contributed by atoms with Gasteiger partial charge in [0.1, 0.15) is 22.2 Å². The molecule has 8 nitrogen and oxygen atoms in total. The summed E-state index contributed by atoms with van der Waals surface area (Å²) < 4.78 is 71.2. The molecule has 2 unspecified atom stereocenters. The van der Waals surface area contributed by atoms with Crippen molar-refractivity contribution in [3.05, 3.63) is 359 Å². The number of hydrogen-bond donors (Lipinski definition) is 1. The molecule has 147 heavy (non-hydrogen) atoms. The molecule has 9 fully saturated rings. The number of ketones is 1. The van der Waals surface area contributed by atoms with Crippen molar-refractivity contribution in [2.24, 2.45) is 39.9 Å². The van der Waals surface area contributed by atoms with E-state index in [0.717, 1.165) is 91.9 Å². The molecule has 0 spiro atoms. The molecule has 9 aliphatic carbocycles. The normalized spacial score (nSPS) is 19.9. The molecule has 12 aromatic carbocycles. The maximum absolute atomic E-state index is 13.2. The summed E-state index contributed by atoms with van der Waals surface area (Å²) >= 11 is 3.36. The first-order valence-electron chi connectivity index (χ1n) is 54.5. The Hall–Kier alpha value is -9.45. The Balaban J connectivity index is 0.000000143. The van der Waals surface area contributed by atoms with Gasteiger partial charge in [0.05, 0.1) is 53.5 Å². The number of carbonyl (C=O) groups is 2. The van der Waals surface area contributed by atoms with Gasteiger partial charge in [-0.05, 0) is 377 Å². The second kappa shape index (κ2) is 53.5. The number of rotatable bonds is 22. The van der Waals surface area contributed by atoms with Crippen LogP contribution in [-0.2, 0) is 75.2 Å². The monoisotopic (exact) mass is 2080 g/mol. The lowest BCUT2D eigenvalue weighted by Gasteiger charge is -2.56. The maximum Gasteiger partial charge on any atom is 0.465 e. The number of Topliss-reactive ketones (excluding diaryl/α,β-unsaturated/α-hetero) is 1. The minimum absolute atomic E-state index is 0.0146. The Morgan fingerprint density at radius 2 is 0.796 bits per heavy atom. The molecule has 0 amide bonds. The van der Waals surface area contributed by atoms with Gasteiger partial charge in [0.15, 0.2) is 44.1 Å². The number of fused-ring (bicyclic) bond motifs is 2. The minimum Gasteiger partial charge on any atom is -0.497 e. The number of aryl methyl sites for hydroxylation is 1. The second-order valence-electron chi connectivity index (χ2n) is 44.9. The minimum atomic E-state index is -5.79. The summed E-state index contributed by atoms with van der Waals surface area (Å²) in [6.45, 7) is 33.9. The van der Waals surface area contributed by atoms with E-state index in [2.05, 4.69) is 370 Å². The van der Waals surface area contributed by atoms with Crippen LogP contribution in [0.2, 0.25) is 0 Å². The summed E-state index contributed by atoms with van der Waals surface area (Å²) in [5.41, 5.74) is 15.9. The number of methoxy groups -OCH3 is 2. The average molecular weight is 2080 g/mol. The first kappa shape index (κ1) is 115. The van der Waals surface area contributed by atoms with Crippen molar-refractivity contribution >= 4 is 67.2 Å². The van der Waals surface area contributed by atoms with Gasteiger partial charge in [-0.15, -0.1) is 0 Å². The molecule has 2 atom stereocenters. The molecular weight excluding hydrogens is 1910 g/mol. The van der Waals surface area contributed by atoms with Crippen molar-refractivity contribution in [1.82, 2.24) is 0 Å². The fraction of sp³-hybridized carbons (Fsp3) is 0.439. The van der Waals surface area contributed by atoms with E-state index in [4.69, 9.17) is 14.0 Å². The lowest BCUT2D eigenvalue weighted by molar-refractivity contribution is -0.172. The molecule has 15 heteroatoms. The van der Waals surface area contributed by atoms with Crippen molar-refractivity contribution < 1.29 is 45.6 Å². The molecule has 9 saturated carbocycles. The van der Waals surface area contributed by atoms with Gasteiger partial charge in [-0.3, -0.25) is 9.35 Å². The molecule has 9 aliphatic rings. The van der Waals surface area contributed by atoms with Crippen molar-refractivity contribution in [1.29, 1.82) is 0 Å². The molecule has 0 saturated heterocycles. The maximum atomic E-state index is 13.2. The number of alkyl halides is 2. The SMILES string of the molecule is CC(C)(C)c1ccc([S+](c2ccccc2)c2ccccc2)cc1.CCC12CCC(CC1=O)C2(C)C.COc1cccc([S+](c2cccc(C)c2)c2cccc(OC)c2)c1.Cc1c(C(C)C)cc(C(C)C)cc1C(C)C.Cc1c(C2CCCCC2)cc(C2CCCCC2)cc1C1CCCCC1.O=C(OCC12CC3CC(CC(C3)C1)C2)C(F)(F)S(=O)(=O)O.[SH2+]c1ccccc1.c1ccc([S+](c2ccccc2)c2ccccc2)cc1. The van der Waals surface area contributed by atoms with Crippen LogP contribution >= 0.6 is 0 Å². The van der Waals surface area contributed by atoms with Gasteiger partial charge in [0.25, 0.3) is 0 Å². The zero-order valence-corrected chi connectivity index (χ0v) is 95.0. The van der Waals surface area contributed by atoms with Crippen LogP contribution in [0, 0.1) is 60.7 Å². The quantitative estimate of drug-likeness (QED) is 0.0405. The first-order chi connectivity index (χ1) is 70.4. The van der Waals surface area contributed by atoms with Gasteiger partial charge in [-0.25, -0.2) is 4.79 Å². The van der Waals surface area contributed by atoms with Crippen molar-refractivity contribution in [3.63, 3.8) is 0 Å². The van der Waals surface area contributed by atoms with Crippen molar-refractivity contribution in [3.8, 4) is 11.5 Å². The molecular formula is C132H166F2O8S5+4. The Morgan fingerprint density at radius 3 is 1.11 bits per heavy atom. The highest BCUT2D eigenvalue weighted by Gasteiger charge is 2.63. The number of carbonyl (C=O) groups excluding carboxylic acids is 2. The molecule has 782 valence electrons. The van der Waals surface area contributed by atoms with E-state index in [0.29, 0.717) is 52.6 Å². The van der Waals surface area contributed by atoms with E-state index in [1.165, 1.54) is 180 Å². The molecule has 1 N–H and O–H groups in total. The highest BCUT2D eigenvalue weighted by atomic mass is 32.2. The number of benzene rings is 12. The van der Waals surface area contributed by atoms with E-state index in [-0.39, 0.29) is 55.5 Å². The fourth-order valence-electron chi connectivity index (χ4n) is 24.7. The molecule has 21 rings (SSSR count). The summed E-state index contributed by atoms with van der Waals surface area (Å²) in [5.74, 6) is 6.95. The van der Waals surface area contributed by atoms with Crippen molar-refractivity contribution in [2.45, 2.75) is 360 Å². The Labute approximate surface area is 896 Å². The van der Waals surface area contributed by atoms with E-state index in [1.54, 1.807) is 36.5 Å². The summed E-state index contributed by atoms with van der Waals surface area (Å²) in [6, 6.07) is 108. The van der Waals surface area contributed by atoms with Gasteiger partial charge < -0.3 is 14.2 Å². The second-order valence-corrected chi connectivity index (χ2v) is 53.0. The molecule has 0 aliphatic heterocycles. The first-order valence-corrected chi connectivity index (χ1v) is 60.1.